The van der Waals surface area contributed by atoms with Gasteiger partial charge in [-0.1, -0.05) is 35.5 Å². The SMILES string of the molecule is Cc1ccc(-n2cnnc2SCC(=O)N2CCC[C@@H]2c2nnc3ccccn23)cc1. The molecule has 1 aliphatic heterocycles. The number of carbonyl (C=O) groups is 1. The van der Waals surface area contributed by atoms with E-state index in [1.54, 1.807) is 6.33 Å². The highest BCUT2D eigenvalue weighted by Gasteiger charge is 2.33. The predicted molar refractivity (Wildman–Crippen MR) is 113 cm³/mol. The molecule has 5 rings (SSSR count). The van der Waals surface area contributed by atoms with Crippen LogP contribution in [-0.4, -0.2) is 52.5 Å². The Morgan fingerprint density at radius 3 is 2.87 bits per heavy atom. The molecule has 4 aromatic rings. The minimum atomic E-state index is -0.0505. The fourth-order valence-corrected chi connectivity index (χ4v) is 4.65. The Balaban J connectivity index is 1.31. The van der Waals surface area contributed by atoms with Crippen LogP contribution in [0.25, 0.3) is 11.3 Å². The maximum atomic E-state index is 13.1. The van der Waals surface area contributed by atoms with E-state index in [0.717, 1.165) is 36.5 Å². The standard InChI is InChI=1S/C21H21N7OS/c1-15-7-9-16(10-8-15)28-14-22-25-21(28)30-13-19(29)26-12-4-5-17(26)20-24-23-18-6-2-3-11-27(18)20/h2-3,6-11,14,17H,4-5,12-13H2,1H3/t17-/m1/s1. The van der Waals surface area contributed by atoms with Crippen molar-refractivity contribution in [3.05, 3.63) is 66.4 Å². The van der Waals surface area contributed by atoms with Gasteiger partial charge in [-0.25, -0.2) is 0 Å². The highest BCUT2D eigenvalue weighted by atomic mass is 32.2. The van der Waals surface area contributed by atoms with Gasteiger partial charge in [0.05, 0.1) is 11.8 Å². The van der Waals surface area contributed by atoms with Crippen molar-refractivity contribution in [1.82, 2.24) is 34.3 Å². The number of hydrogen-bond donors (Lipinski definition) is 0. The maximum Gasteiger partial charge on any atom is 0.233 e. The first-order chi connectivity index (χ1) is 14.7. The number of benzene rings is 1. The molecule has 0 bridgehead atoms. The lowest BCUT2D eigenvalue weighted by Crippen LogP contribution is -2.33. The van der Waals surface area contributed by atoms with Crippen molar-refractivity contribution >= 4 is 23.3 Å². The molecule has 30 heavy (non-hydrogen) atoms. The first-order valence-corrected chi connectivity index (χ1v) is 10.9. The summed E-state index contributed by atoms with van der Waals surface area (Å²) in [4.78, 5) is 15.0. The number of hydrogen-bond acceptors (Lipinski definition) is 6. The Labute approximate surface area is 177 Å². The van der Waals surface area contributed by atoms with Crippen molar-refractivity contribution in [2.45, 2.75) is 31.0 Å². The van der Waals surface area contributed by atoms with Crippen molar-refractivity contribution in [1.29, 1.82) is 0 Å². The topological polar surface area (TPSA) is 81.2 Å². The van der Waals surface area contributed by atoms with Gasteiger partial charge in [0.2, 0.25) is 5.91 Å². The Bertz CT molecular complexity index is 1180. The summed E-state index contributed by atoms with van der Waals surface area (Å²) in [6.45, 7) is 2.78. The second kappa shape index (κ2) is 7.91. The number of likely N-dealkylation sites (tertiary alicyclic amines) is 1. The van der Waals surface area contributed by atoms with E-state index in [4.69, 9.17) is 0 Å². The Morgan fingerprint density at radius 1 is 1.13 bits per heavy atom. The van der Waals surface area contributed by atoms with Crippen LogP contribution in [0.1, 0.15) is 30.3 Å². The summed E-state index contributed by atoms with van der Waals surface area (Å²) in [5.41, 5.74) is 2.97. The zero-order valence-corrected chi connectivity index (χ0v) is 17.4. The third-order valence-corrected chi connectivity index (χ3v) is 6.29. The molecule has 1 saturated heterocycles. The molecule has 1 atom stereocenters. The Kier molecular flexibility index (Phi) is 4.96. The van der Waals surface area contributed by atoms with Gasteiger partial charge in [-0.3, -0.25) is 13.8 Å². The first kappa shape index (κ1) is 18.8. The third-order valence-electron chi connectivity index (χ3n) is 5.36. The van der Waals surface area contributed by atoms with Gasteiger partial charge < -0.3 is 4.90 Å². The van der Waals surface area contributed by atoms with Crippen LogP contribution in [0.15, 0.2) is 60.1 Å². The molecular formula is C21H21N7OS. The molecule has 0 radical (unpaired) electrons. The lowest BCUT2D eigenvalue weighted by molar-refractivity contribution is -0.129. The molecule has 0 N–H and O–H groups in total. The van der Waals surface area contributed by atoms with Crippen LogP contribution in [0.2, 0.25) is 0 Å². The van der Waals surface area contributed by atoms with Crippen LogP contribution in [0, 0.1) is 6.92 Å². The molecule has 1 fully saturated rings. The molecule has 1 aromatic carbocycles. The second-order valence-electron chi connectivity index (χ2n) is 7.34. The van der Waals surface area contributed by atoms with E-state index in [1.807, 2.05) is 62.5 Å². The largest absolute Gasteiger partial charge is 0.332 e. The predicted octanol–water partition coefficient (Wildman–Crippen LogP) is 3.07. The van der Waals surface area contributed by atoms with Crippen LogP contribution in [0.3, 0.4) is 0 Å². The lowest BCUT2D eigenvalue weighted by Gasteiger charge is -2.23. The third kappa shape index (κ3) is 3.45. The van der Waals surface area contributed by atoms with Gasteiger partial charge in [0.25, 0.3) is 0 Å². The fourth-order valence-electron chi connectivity index (χ4n) is 3.84. The normalized spacial score (nSPS) is 16.4. The van der Waals surface area contributed by atoms with Crippen LogP contribution in [0.4, 0.5) is 0 Å². The summed E-state index contributed by atoms with van der Waals surface area (Å²) in [7, 11) is 0. The van der Waals surface area contributed by atoms with Crippen molar-refractivity contribution in [2.75, 3.05) is 12.3 Å². The molecule has 1 amide bonds. The quantitative estimate of drug-likeness (QED) is 0.463. The van der Waals surface area contributed by atoms with Crippen molar-refractivity contribution in [3.63, 3.8) is 0 Å². The number of carbonyl (C=O) groups excluding carboxylic acids is 1. The van der Waals surface area contributed by atoms with E-state index in [2.05, 4.69) is 27.3 Å². The van der Waals surface area contributed by atoms with Gasteiger partial charge in [0.15, 0.2) is 16.6 Å². The Morgan fingerprint density at radius 2 is 2.00 bits per heavy atom. The Hall–Kier alpha value is -3.20. The van der Waals surface area contributed by atoms with Gasteiger partial charge in [-0.2, -0.15) is 0 Å². The molecule has 0 aliphatic carbocycles. The second-order valence-corrected chi connectivity index (χ2v) is 8.28. The van der Waals surface area contributed by atoms with Crippen molar-refractivity contribution in [3.8, 4) is 5.69 Å². The summed E-state index contributed by atoms with van der Waals surface area (Å²) >= 11 is 1.41. The number of pyridine rings is 1. The van der Waals surface area contributed by atoms with Crippen molar-refractivity contribution < 1.29 is 4.79 Å². The number of nitrogens with zero attached hydrogens (tertiary/aromatic N) is 7. The van der Waals surface area contributed by atoms with Gasteiger partial charge in [0.1, 0.15) is 6.33 Å². The van der Waals surface area contributed by atoms with Gasteiger partial charge in [-0.05, 0) is 44.0 Å². The van der Waals surface area contributed by atoms with Crippen LogP contribution in [0.5, 0.6) is 0 Å². The molecule has 0 unspecified atom stereocenters. The molecule has 152 valence electrons. The molecule has 9 heteroatoms. The maximum absolute atomic E-state index is 13.1. The zero-order chi connectivity index (χ0) is 20.5. The average Bonchev–Trinajstić information content (AvgIpc) is 3.51. The van der Waals surface area contributed by atoms with Gasteiger partial charge >= 0.3 is 0 Å². The first-order valence-electron chi connectivity index (χ1n) is 9.90. The smallest absolute Gasteiger partial charge is 0.233 e. The van der Waals surface area contributed by atoms with E-state index in [1.165, 1.54) is 17.3 Å². The van der Waals surface area contributed by atoms with E-state index in [0.29, 0.717) is 10.9 Å². The summed E-state index contributed by atoms with van der Waals surface area (Å²) in [6, 6.07) is 13.9. The fraction of sp³-hybridized carbons (Fsp3) is 0.286. The number of thioether (sulfide) groups is 1. The molecule has 4 heterocycles. The summed E-state index contributed by atoms with van der Waals surface area (Å²) in [6.07, 6.45) is 5.48. The monoisotopic (exact) mass is 419 g/mol. The van der Waals surface area contributed by atoms with E-state index in [-0.39, 0.29) is 11.9 Å². The highest BCUT2D eigenvalue weighted by Crippen LogP contribution is 2.32. The number of aryl methyl sites for hydroxylation is 1. The molecule has 8 nitrogen and oxygen atoms in total. The number of aromatic nitrogens is 6. The molecular weight excluding hydrogens is 398 g/mol. The number of amides is 1. The van der Waals surface area contributed by atoms with Gasteiger partial charge in [-0.15, -0.1) is 20.4 Å². The zero-order valence-electron chi connectivity index (χ0n) is 16.5. The molecule has 1 aliphatic rings. The summed E-state index contributed by atoms with van der Waals surface area (Å²) < 4.78 is 3.88. The molecule has 3 aromatic heterocycles. The van der Waals surface area contributed by atoms with Crippen LogP contribution in [-0.2, 0) is 4.79 Å². The van der Waals surface area contributed by atoms with E-state index in [9.17, 15) is 4.79 Å². The molecule has 0 saturated carbocycles. The summed E-state index contributed by atoms with van der Waals surface area (Å²) in [5.74, 6) is 1.20. The average molecular weight is 420 g/mol. The van der Waals surface area contributed by atoms with Crippen LogP contribution < -0.4 is 0 Å². The van der Waals surface area contributed by atoms with Crippen LogP contribution >= 0.6 is 11.8 Å². The molecule has 0 spiro atoms. The minimum absolute atomic E-state index is 0.0505. The van der Waals surface area contributed by atoms with E-state index < -0.39 is 0 Å². The van der Waals surface area contributed by atoms with Crippen molar-refractivity contribution in [2.24, 2.45) is 0 Å². The van der Waals surface area contributed by atoms with E-state index >= 15 is 0 Å². The minimum Gasteiger partial charge on any atom is -0.332 e. The summed E-state index contributed by atoms with van der Waals surface area (Å²) in [5, 5.41) is 17.5. The highest BCUT2D eigenvalue weighted by molar-refractivity contribution is 7.99. The number of rotatable bonds is 5. The number of fused-ring (bicyclic) bond motifs is 1. The van der Waals surface area contributed by atoms with Gasteiger partial charge in [0, 0.05) is 18.4 Å². The lowest BCUT2D eigenvalue weighted by atomic mass is 10.2.